The fourth-order valence-electron chi connectivity index (χ4n) is 2.38. The lowest BCUT2D eigenvalue weighted by molar-refractivity contribution is 0.596. The van der Waals surface area contributed by atoms with Gasteiger partial charge in [0.1, 0.15) is 0 Å². The molecule has 0 aliphatic heterocycles. The van der Waals surface area contributed by atoms with E-state index in [1.54, 1.807) is 36.4 Å². The average Bonchev–Trinajstić information content (AvgIpc) is 2.69. The van der Waals surface area contributed by atoms with Gasteiger partial charge >= 0.3 is 0 Å². The van der Waals surface area contributed by atoms with Crippen LogP contribution in [-0.2, 0) is 20.0 Å². The zero-order valence-electron chi connectivity index (χ0n) is 14.2. The van der Waals surface area contributed by atoms with Crippen LogP contribution < -0.4 is 0 Å². The molecule has 1 aliphatic carbocycles. The summed E-state index contributed by atoms with van der Waals surface area (Å²) in [7, 11) is -7.95. The van der Waals surface area contributed by atoms with Gasteiger partial charge in [0.2, 0.25) is 0 Å². The SMILES string of the molecule is O=S(=O)(N=C1C=CC(=NS(=O)(=O)c2ccccc2)[C@H](Cl)[C@@H]1Cl)c1ccccc1. The van der Waals surface area contributed by atoms with Gasteiger partial charge in [-0.25, -0.2) is 0 Å². The second-order valence-corrected chi connectivity index (χ2v) is 9.89. The van der Waals surface area contributed by atoms with Gasteiger partial charge in [-0.05, 0) is 36.4 Å². The molecule has 2 aromatic carbocycles. The highest BCUT2D eigenvalue weighted by Gasteiger charge is 2.31. The van der Waals surface area contributed by atoms with Crippen molar-refractivity contribution in [2.24, 2.45) is 8.80 Å². The molecule has 10 heteroatoms. The molecule has 0 saturated heterocycles. The van der Waals surface area contributed by atoms with E-state index in [2.05, 4.69) is 8.80 Å². The molecule has 0 radical (unpaired) electrons. The molecule has 146 valence electrons. The maximum Gasteiger partial charge on any atom is 0.282 e. The summed E-state index contributed by atoms with van der Waals surface area (Å²) in [5.74, 6) is 0. The minimum Gasteiger partial charge on any atom is -0.199 e. The van der Waals surface area contributed by atoms with E-state index >= 15 is 0 Å². The molecule has 0 bridgehead atoms. The van der Waals surface area contributed by atoms with Gasteiger partial charge in [-0.3, -0.25) is 0 Å². The van der Waals surface area contributed by atoms with Gasteiger partial charge in [0.05, 0.1) is 32.0 Å². The molecule has 0 fully saturated rings. The fourth-order valence-corrected chi connectivity index (χ4v) is 5.12. The third-order valence-electron chi connectivity index (χ3n) is 3.78. The first-order valence-corrected chi connectivity index (χ1v) is 11.7. The second-order valence-electron chi connectivity index (χ2n) is 5.75. The van der Waals surface area contributed by atoms with Crippen LogP contribution in [0, 0.1) is 0 Å². The summed E-state index contributed by atoms with van der Waals surface area (Å²) in [6.45, 7) is 0. The first-order chi connectivity index (χ1) is 13.2. The van der Waals surface area contributed by atoms with Crippen molar-refractivity contribution in [2.75, 3.05) is 0 Å². The molecular formula is C18H14Cl2N2O4S2. The molecule has 1 aliphatic rings. The van der Waals surface area contributed by atoms with Crippen molar-refractivity contribution in [3.05, 3.63) is 72.8 Å². The van der Waals surface area contributed by atoms with Crippen molar-refractivity contribution in [3.63, 3.8) is 0 Å². The van der Waals surface area contributed by atoms with Crippen LogP contribution in [0.25, 0.3) is 0 Å². The monoisotopic (exact) mass is 456 g/mol. The van der Waals surface area contributed by atoms with Crippen molar-refractivity contribution < 1.29 is 16.8 Å². The van der Waals surface area contributed by atoms with Crippen LogP contribution in [0.4, 0.5) is 0 Å². The molecule has 0 aromatic heterocycles. The molecule has 2 aromatic rings. The Morgan fingerprint density at radius 1 is 0.607 bits per heavy atom. The Bertz CT molecular complexity index is 1070. The number of benzene rings is 2. The van der Waals surface area contributed by atoms with Crippen LogP contribution in [0.15, 0.2) is 91.4 Å². The van der Waals surface area contributed by atoms with Crippen molar-refractivity contribution in [2.45, 2.75) is 20.5 Å². The lowest BCUT2D eigenvalue weighted by Gasteiger charge is -2.20. The number of alkyl halides is 2. The van der Waals surface area contributed by atoms with Gasteiger partial charge in [0.15, 0.2) is 0 Å². The maximum absolute atomic E-state index is 12.4. The molecule has 0 heterocycles. The maximum atomic E-state index is 12.4. The highest BCUT2D eigenvalue weighted by molar-refractivity contribution is 7.90. The average molecular weight is 457 g/mol. The standard InChI is InChI=1S/C18H14Cl2N2O4S2/c19-17-15(21-27(23,24)13-7-3-1-4-8-13)11-12-16(18(17)20)22-28(25,26)14-9-5-2-6-10-14/h1-12,17-18H/t17-,18+. The number of halogens is 2. The Morgan fingerprint density at radius 3 is 1.25 bits per heavy atom. The van der Waals surface area contributed by atoms with Crippen LogP contribution in [-0.4, -0.2) is 39.0 Å². The second kappa shape index (κ2) is 8.16. The first-order valence-electron chi connectivity index (χ1n) is 7.97. The number of rotatable bonds is 4. The smallest absolute Gasteiger partial charge is 0.199 e. The van der Waals surface area contributed by atoms with Crippen molar-refractivity contribution >= 4 is 54.7 Å². The highest BCUT2D eigenvalue weighted by Crippen LogP contribution is 2.24. The molecule has 0 unspecified atom stereocenters. The zero-order chi connectivity index (χ0) is 20.4. The highest BCUT2D eigenvalue weighted by atomic mass is 35.5. The lowest BCUT2D eigenvalue weighted by atomic mass is 10.0. The van der Waals surface area contributed by atoms with E-state index in [-0.39, 0.29) is 21.2 Å². The van der Waals surface area contributed by atoms with Gasteiger partial charge in [-0.1, -0.05) is 36.4 Å². The summed E-state index contributed by atoms with van der Waals surface area (Å²) in [6.07, 6.45) is 2.60. The first kappa shape index (κ1) is 20.7. The summed E-state index contributed by atoms with van der Waals surface area (Å²) >= 11 is 12.5. The van der Waals surface area contributed by atoms with Crippen LogP contribution in [0.1, 0.15) is 0 Å². The summed E-state index contributed by atoms with van der Waals surface area (Å²) in [5.41, 5.74) is 0.00292. The van der Waals surface area contributed by atoms with E-state index in [0.717, 1.165) is 0 Å². The van der Waals surface area contributed by atoms with Crippen LogP contribution in [0.3, 0.4) is 0 Å². The Labute approximate surface area is 173 Å². The Hall–Kier alpha value is -2.00. The summed E-state index contributed by atoms with van der Waals surface area (Å²) in [5, 5.41) is -2.15. The van der Waals surface area contributed by atoms with Gasteiger partial charge in [-0.2, -0.15) is 25.6 Å². The summed E-state index contributed by atoms with van der Waals surface area (Å²) < 4.78 is 57.1. The van der Waals surface area contributed by atoms with Gasteiger partial charge in [-0.15, -0.1) is 23.2 Å². The largest absolute Gasteiger partial charge is 0.282 e. The van der Waals surface area contributed by atoms with Gasteiger partial charge < -0.3 is 0 Å². The lowest BCUT2D eigenvalue weighted by Crippen LogP contribution is -2.35. The summed E-state index contributed by atoms with van der Waals surface area (Å²) in [6, 6.07) is 15.3. The topological polar surface area (TPSA) is 93.0 Å². The molecule has 0 N–H and O–H groups in total. The van der Waals surface area contributed by atoms with Crippen LogP contribution >= 0.6 is 23.2 Å². The number of hydrogen-bond acceptors (Lipinski definition) is 4. The molecule has 2 atom stereocenters. The predicted molar refractivity (Wildman–Crippen MR) is 111 cm³/mol. The van der Waals surface area contributed by atoms with Gasteiger partial charge in [0, 0.05) is 0 Å². The zero-order valence-corrected chi connectivity index (χ0v) is 17.3. The number of nitrogens with zero attached hydrogens (tertiary/aromatic N) is 2. The van der Waals surface area contributed by atoms with Crippen molar-refractivity contribution in [1.82, 2.24) is 0 Å². The van der Waals surface area contributed by atoms with E-state index in [4.69, 9.17) is 23.2 Å². The molecule has 3 rings (SSSR count). The third-order valence-corrected chi connectivity index (χ3v) is 7.50. The third kappa shape index (κ3) is 4.52. The predicted octanol–water partition coefficient (Wildman–Crippen LogP) is 3.43. The molecule has 0 saturated carbocycles. The fraction of sp³-hybridized carbons (Fsp3) is 0.111. The van der Waals surface area contributed by atoms with Crippen LogP contribution in [0.2, 0.25) is 0 Å². The molecule has 6 nitrogen and oxygen atoms in total. The minimum absolute atomic E-state index is 0.00146. The normalized spacial score (nSPS) is 23.2. The van der Waals surface area contributed by atoms with Crippen molar-refractivity contribution in [3.8, 4) is 0 Å². The molecular weight excluding hydrogens is 443 g/mol. The minimum atomic E-state index is -3.98. The van der Waals surface area contributed by atoms with E-state index in [1.807, 2.05) is 0 Å². The molecule has 28 heavy (non-hydrogen) atoms. The Kier molecular flexibility index (Phi) is 6.04. The van der Waals surface area contributed by atoms with E-state index in [9.17, 15) is 16.8 Å². The number of allylic oxidation sites excluding steroid dienone is 2. The van der Waals surface area contributed by atoms with Crippen LogP contribution in [0.5, 0.6) is 0 Å². The Balaban J connectivity index is 1.96. The summed E-state index contributed by atoms with van der Waals surface area (Å²) in [4.78, 5) is 0.0222. The van der Waals surface area contributed by atoms with E-state index in [1.165, 1.54) is 36.4 Å². The Morgan fingerprint density at radius 2 is 0.929 bits per heavy atom. The molecule has 0 spiro atoms. The number of hydrogen-bond donors (Lipinski definition) is 0. The number of sulfonamides is 2. The quantitative estimate of drug-likeness (QED) is 0.658. The molecule has 0 amide bonds. The van der Waals surface area contributed by atoms with Gasteiger partial charge in [0.25, 0.3) is 20.0 Å². The van der Waals surface area contributed by atoms with E-state index < -0.39 is 30.8 Å². The van der Waals surface area contributed by atoms with Crippen molar-refractivity contribution in [1.29, 1.82) is 0 Å². The van der Waals surface area contributed by atoms with E-state index in [0.29, 0.717) is 0 Å².